The van der Waals surface area contributed by atoms with Gasteiger partial charge in [0.1, 0.15) is 4.90 Å². The molecular weight excluding hydrogens is 346 g/mol. The van der Waals surface area contributed by atoms with Gasteiger partial charge >= 0.3 is 0 Å². The van der Waals surface area contributed by atoms with Gasteiger partial charge in [0, 0.05) is 38.0 Å². The molecule has 0 unspecified atom stereocenters. The maximum absolute atomic E-state index is 13.0. The summed E-state index contributed by atoms with van der Waals surface area (Å²) in [5.74, 6) is -0.744. The molecule has 1 aliphatic carbocycles. The van der Waals surface area contributed by atoms with Crippen molar-refractivity contribution >= 4 is 21.4 Å². The van der Waals surface area contributed by atoms with Crippen molar-refractivity contribution in [2.24, 2.45) is 5.92 Å². The van der Waals surface area contributed by atoms with Crippen LogP contribution in [-0.4, -0.2) is 52.0 Å². The number of carbonyl (C=O) groups excluding carboxylic acids is 2. The lowest BCUT2D eigenvalue weighted by Crippen LogP contribution is -2.20. The largest absolute Gasteiger partial charge is 0.454 e. The first-order valence-corrected chi connectivity index (χ1v) is 9.69. The van der Waals surface area contributed by atoms with E-state index in [0.717, 1.165) is 19.1 Å². The minimum Gasteiger partial charge on any atom is -0.454 e. The van der Waals surface area contributed by atoms with Crippen molar-refractivity contribution in [1.82, 2.24) is 4.90 Å². The SMILES string of the molecule is CN(C)/C=C(/C(=O)c1ccc2c(c1S(C)(=O)=O)OCO2)C(=O)C1CC1. The fraction of sp³-hybridized carbons (Fsp3) is 0.412. The molecule has 1 heterocycles. The van der Waals surface area contributed by atoms with Crippen LogP contribution in [0.2, 0.25) is 0 Å². The zero-order chi connectivity index (χ0) is 18.4. The number of ketones is 2. The lowest BCUT2D eigenvalue weighted by atomic mass is 9.97. The molecule has 1 aromatic carbocycles. The molecule has 0 aromatic heterocycles. The molecule has 8 heteroatoms. The Bertz CT molecular complexity index is 881. The monoisotopic (exact) mass is 365 g/mol. The van der Waals surface area contributed by atoms with Crippen LogP contribution in [0, 0.1) is 5.92 Å². The number of hydrogen-bond acceptors (Lipinski definition) is 7. The highest BCUT2D eigenvalue weighted by Gasteiger charge is 2.37. The molecule has 1 aliphatic heterocycles. The Kier molecular flexibility index (Phi) is 4.32. The summed E-state index contributed by atoms with van der Waals surface area (Å²) in [5, 5.41) is 0. The average Bonchev–Trinajstić information content (AvgIpc) is 3.26. The Morgan fingerprint density at radius 2 is 1.88 bits per heavy atom. The van der Waals surface area contributed by atoms with Crippen molar-refractivity contribution in [3.8, 4) is 11.5 Å². The second kappa shape index (κ2) is 6.18. The van der Waals surface area contributed by atoms with Gasteiger partial charge in [0.25, 0.3) is 0 Å². The van der Waals surface area contributed by atoms with Crippen LogP contribution in [0.15, 0.2) is 28.8 Å². The Balaban J connectivity index is 2.14. The smallest absolute Gasteiger partial charge is 0.231 e. The van der Waals surface area contributed by atoms with Crippen LogP contribution < -0.4 is 9.47 Å². The lowest BCUT2D eigenvalue weighted by Gasteiger charge is -2.13. The first-order chi connectivity index (χ1) is 11.7. The van der Waals surface area contributed by atoms with Gasteiger partial charge < -0.3 is 14.4 Å². The summed E-state index contributed by atoms with van der Waals surface area (Å²) in [6.07, 6.45) is 3.94. The highest BCUT2D eigenvalue weighted by molar-refractivity contribution is 7.91. The first-order valence-electron chi connectivity index (χ1n) is 7.80. The Morgan fingerprint density at radius 1 is 1.20 bits per heavy atom. The molecule has 0 saturated heterocycles. The molecule has 1 aromatic rings. The number of ether oxygens (including phenoxy) is 2. The van der Waals surface area contributed by atoms with Crippen molar-refractivity contribution in [1.29, 1.82) is 0 Å². The second-order valence-corrected chi connectivity index (χ2v) is 8.37. The van der Waals surface area contributed by atoms with E-state index in [4.69, 9.17) is 9.47 Å². The van der Waals surface area contributed by atoms with E-state index in [2.05, 4.69) is 0 Å². The highest BCUT2D eigenvalue weighted by atomic mass is 32.2. The summed E-state index contributed by atoms with van der Waals surface area (Å²) in [4.78, 5) is 26.9. The number of sulfone groups is 1. The molecule has 0 radical (unpaired) electrons. The topological polar surface area (TPSA) is 90.0 Å². The summed E-state index contributed by atoms with van der Waals surface area (Å²) < 4.78 is 35.0. The Morgan fingerprint density at radius 3 is 2.44 bits per heavy atom. The molecule has 0 amide bonds. The van der Waals surface area contributed by atoms with Gasteiger partial charge in [-0.15, -0.1) is 0 Å². The van der Waals surface area contributed by atoms with E-state index < -0.39 is 15.6 Å². The number of benzene rings is 1. The summed E-state index contributed by atoms with van der Waals surface area (Å²) in [5.41, 5.74) is -0.0925. The number of allylic oxidation sites excluding steroid dienone is 1. The van der Waals surface area contributed by atoms with Gasteiger partial charge in [-0.05, 0) is 25.0 Å². The van der Waals surface area contributed by atoms with Crippen molar-refractivity contribution in [3.05, 3.63) is 29.5 Å². The molecule has 1 saturated carbocycles. The number of Topliss-reactive ketones (excluding diaryl/α,β-unsaturated/α-hetero) is 2. The van der Waals surface area contributed by atoms with Gasteiger partial charge in [-0.2, -0.15) is 0 Å². The van der Waals surface area contributed by atoms with E-state index in [1.165, 1.54) is 18.3 Å². The molecule has 0 bridgehead atoms. The molecule has 0 spiro atoms. The second-order valence-electron chi connectivity index (χ2n) is 6.42. The van der Waals surface area contributed by atoms with Crippen molar-refractivity contribution in [3.63, 3.8) is 0 Å². The lowest BCUT2D eigenvalue weighted by molar-refractivity contribution is -0.116. The van der Waals surface area contributed by atoms with Crippen LogP contribution in [0.3, 0.4) is 0 Å². The quantitative estimate of drug-likeness (QED) is 0.326. The summed E-state index contributed by atoms with van der Waals surface area (Å²) in [7, 11) is -0.376. The van der Waals surface area contributed by atoms with Gasteiger partial charge in [0.15, 0.2) is 32.9 Å². The van der Waals surface area contributed by atoms with Crippen LogP contribution >= 0.6 is 0 Å². The molecule has 3 rings (SSSR count). The third kappa shape index (κ3) is 3.39. The fourth-order valence-corrected chi connectivity index (χ4v) is 3.75. The number of hydrogen-bond donors (Lipinski definition) is 0. The predicted octanol–water partition coefficient (Wildman–Crippen LogP) is 1.43. The van der Waals surface area contributed by atoms with Gasteiger partial charge in [-0.3, -0.25) is 9.59 Å². The number of rotatable bonds is 6. The maximum atomic E-state index is 13.0. The van der Waals surface area contributed by atoms with Gasteiger partial charge in [0.05, 0.1) is 5.57 Å². The molecule has 0 N–H and O–H groups in total. The van der Waals surface area contributed by atoms with Gasteiger partial charge in [-0.25, -0.2) is 8.42 Å². The van der Waals surface area contributed by atoms with Crippen molar-refractivity contribution < 1.29 is 27.5 Å². The van der Waals surface area contributed by atoms with E-state index in [0.29, 0.717) is 0 Å². The van der Waals surface area contributed by atoms with E-state index in [1.54, 1.807) is 19.0 Å². The number of fused-ring (bicyclic) bond motifs is 1. The van der Waals surface area contributed by atoms with E-state index in [1.807, 2.05) is 0 Å². The molecule has 7 nitrogen and oxygen atoms in total. The standard InChI is InChI=1S/C17H19NO6S/c1-18(2)8-12(14(19)10-4-5-10)15(20)11-6-7-13-16(24-9-23-13)17(11)25(3,21)22/h6-8,10H,4-5,9H2,1-3H3/b12-8+. The maximum Gasteiger partial charge on any atom is 0.231 e. The third-order valence-electron chi connectivity index (χ3n) is 3.95. The van der Waals surface area contributed by atoms with Gasteiger partial charge in [-0.1, -0.05) is 0 Å². The van der Waals surface area contributed by atoms with E-state index >= 15 is 0 Å². The third-order valence-corrected chi connectivity index (χ3v) is 5.10. The predicted molar refractivity (Wildman–Crippen MR) is 89.5 cm³/mol. The average molecular weight is 365 g/mol. The molecule has 2 aliphatic rings. The number of nitrogens with zero attached hydrogens (tertiary/aromatic N) is 1. The zero-order valence-electron chi connectivity index (χ0n) is 14.2. The molecule has 0 atom stereocenters. The number of carbonyl (C=O) groups is 2. The molecule has 1 fully saturated rings. The van der Waals surface area contributed by atoms with E-state index in [-0.39, 0.29) is 46.0 Å². The zero-order valence-corrected chi connectivity index (χ0v) is 15.1. The van der Waals surface area contributed by atoms with Crippen LogP contribution in [0.25, 0.3) is 0 Å². The Labute approximate surface area is 146 Å². The minimum atomic E-state index is -3.77. The van der Waals surface area contributed by atoms with Crippen molar-refractivity contribution in [2.45, 2.75) is 17.7 Å². The minimum absolute atomic E-state index is 0.0173. The van der Waals surface area contributed by atoms with E-state index in [9.17, 15) is 18.0 Å². The van der Waals surface area contributed by atoms with Crippen LogP contribution in [-0.2, 0) is 14.6 Å². The van der Waals surface area contributed by atoms with Crippen LogP contribution in [0.5, 0.6) is 11.5 Å². The highest BCUT2D eigenvalue weighted by Crippen LogP contribution is 2.41. The fourth-order valence-electron chi connectivity index (χ4n) is 2.70. The molecular formula is C17H19NO6S. The van der Waals surface area contributed by atoms with Crippen molar-refractivity contribution in [2.75, 3.05) is 27.1 Å². The normalized spacial score (nSPS) is 16.7. The first kappa shape index (κ1) is 17.5. The summed E-state index contributed by atoms with van der Waals surface area (Å²) in [6.45, 7) is -0.114. The molecule has 25 heavy (non-hydrogen) atoms. The van der Waals surface area contributed by atoms with Gasteiger partial charge in [0.2, 0.25) is 6.79 Å². The molecule has 134 valence electrons. The van der Waals surface area contributed by atoms with Crippen LogP contribution in [0.1, 0.15) is 23.2 Å². The summed E-state index contributed by atoms with van der Waals surface area (Å²) >= 11 is 0. The van der Waals surface area contributed by atoms with Crippen LogP contribution in [0.4, 0.5) is 0 Å². The summed E-state index contributed by atoms with van der Waals surface area (Å²) in [6, 6.07) is 2.86. The Hall–Kier alpha value is -2.35.